The summed E-state index contributed by atoms with van der Waals surface area (Å²) in [7, 11) is 2.29. The van der Waals surface area contributed by atoms with E-state index in [1.807, 2.05) is 12.2 Å². The number of hydrogen-bond acceptors (Lipinski definition) is 5. The molecule has 1 heterocycles. The third-order valence-electron chi connectivity index (χ3n) is 10.8. The van der Waals surface area contributed by atoms with Gasteiger partial charge in [-0.1, -0.05) is 179 Å². The summed E-state index contributed by atoms with van der Waals surface area (Å²) in [6.07, 6.45) is 47.8. The van der Waals surface area contributed by atoms with Crippen LogP contribution in [0.25, 0.3) is 0 Å². The summed E-state index contributed by atoms with van der Waals surface area (Å²) in [6, 6.07) is 0. The molecule has 0 saturated carbocycles. The van der Waals surface area contributed by atoms with Crippen LogP contribution in [0.1, 0.15) is 219 Å². The molecule has 51 heavy (non-hydrogen) atoms. The lowest BCUT2D eigenvalue weighted by Crippen LogP contribution is -2.54. The topological polar surface area (TPSA) is 55.8 Å². The largest absolute Gasteiger partial charge is 0.461 e. The van der Waals surface area contributed by atoms with Crippen LogP contribution in [-0.4, -0.2) is 50.2 Å². The summed E-state index contributed by atoms with van der Waals surface area (Å²) < 4.78 is 10.7. The Morgan fingerprint density at radius 1 is 0.471 bits per heavy atom. The maximum atomic E-state index is 11.9. The van der Waals surface area contributed by atoms with E-state index < -0.39 is 0 Å². The SMILES string of the molecule is CCCCCC/C=C\COC(=O)CCCCCCCCCCCC1(CCCCCCCCCCCC(=O)OC/C=C\CCCCCC)CN(C)C1. The molecule has 0 aromatic rings. The normalized spacial score (nSPS) is 14.4. The van der Waals surface area contributed by atoms with Gasteiger partial charge < -0.3 is 14.4 Å². The molecule has 0 amide bonds. The van der Waals surface area contributed by atoms with Gasteiger partial charge in [-0.05, 0) is 63.8 Å². The maximum absolute atomic E-state index is 11.9. The molecule has 0 atom stereocenters. The first-order valence-corrected chi connectivity index (χ1v) is 22.3. The molecule has 1 aliphatic heterocycles. The van der Waals surface area contributed by atoms with Crippen molar-refractivity contribution in [2.24, 2.45) is 5.41 Å². The van der Waals surface area contributed by atoms with Gasteiger partial charge in [0.15, 0.2) is 0 Å². The summed E-state index contributed by atoms with van der Waals surface area (Å²) in [6.45, 7) is 7.95. The van der Waals surface area contributed by atoms with E-state index in [-0.39, 0.29) is 11.9 Å². The van der Waals surface area contributed by atoms with E-state index in [1.54, 1.807) is 0 Å². The first-order chi connectivity index (χ1) is 25.0. The number of hydrogen-bond donors (Lipinski definition) is 0. The second-order valence-corrected chi connectivity index (χ2v) is 16.0. The van der Waals surface area contributed by atoms with Crippen LogP contribution in [0.3, 0.4) is 0 Å². The third-order valence-corrected chi connectivity index (χ3v) is 10.8. The van der Waals surface area contributed by atoms with Crippen molar-refractivity contribution >= 4 is 11.9 Å². The molecule has 0 spiro atoms. The van der Waals surface area contributed by atoms with Crippen LogP contribution in [0, 0.1) is 5.41 Å². The van der Waals surface area contributed by atoms with Crippen molar-refractivity contribution in [3.8, 4) is 0 Å². The number of esters is 2. The number of ether oxygens (including phenoxy) is 2. The number of likely N-dealkylation sites (tertiary alicyclic amines) is 1. The van der Waals surface area contributed by atoms with Gasteiger partial charge >= 0.3 is 11.9 Å². The molecular formula is C46H85NO4. The summed E-state index contributed by atoms with van der Waals surface area (Å²) in [5.74, 6) is -0.0772. The second kappa shape index (κ2) is 35.4. The lowest BCUT2D eigenvalue weighted by molar-refractivity contribution is -0.143. The third kappa shape index (κ3) is 30.5. The van der Waals surface area contributed by atoms with Gasteiger partial charge in [0.05, 0.1) is 0 Å². The zero-order valence-corrected chi connectivity index (χ0v) is 34.3. The lowest BCUT2D eigenvalue weighted by atomic mass is 9.72. The van der Waals surface area contributed by atoms with Gasteiger partial charge in [0, 0.05) is 25.9 Å². The van der Waals surface area contributed by atoms with Crippen LogP contribution in [-0.2, 0) is 19.1 Å². The summed E-state index contributed by atoms with van der Waals surface area (Å²) in [5, 5.41) is 0. The Hall–Kier alpha value is -1.62. The molecular weight excluding hydrogens is 631 g/mol. The number of carbonyl (C=O) groups is 2. The Balaban J connectivity index is 1.89. The van der Waals surface area contributed by atoms with E-state index in [1.165, 1.54) is 167 Å². The Bertz CT molecular complexity index is 784. The van der Waals surface area contributed by atoms with Gasteiger partial charge in [-0.25, -0.2) is 0 Å². The zero-order valence-electron chi connectivity index (χ0n) is 34.3. The Morgan fingerprint density at radius 2 is 0.804 bits per heavy atom. The first kappa shape index (κ1) is 47.4. The Kier molecular flexibility index (Phi) is 32.9. The average molecular weight is 716 g/mol. The fourth-order valence-electron chi connectivity index (χ4n) is 7.73. The van der Waals surface area contributed by atoms with Gasteiger partial charge in [0.1, 0.15) is 13.2 Å². The van der Waals surface area contributed by atoms with Crippen LogP contribution in [0.15, 0.2) is 24.3 Å². The van der Waals surface area contributed by atoms with Crippen molar-refractivity contribution in [2.75, 3.05) is 33.4 Å². The highest BCUT2D eigenvalue weighted by molar-refractivity contribution is 5.69. The van der Waals surface area contributed by atoms with E-state index in [0.717, 1.165) is 38.5 Å². The molecule has 1 rings (SSSR count). The Morgan fingerprint density at radius 3 is 1.16 bits per heavy atom. The highest BCUT2D eigenvalue weighted by Crippen LogP contribution is 2.40. The van der Waals surface area contributed by atoms with Crippen molar-refractivity contribution in [3.05, 3.63) is 24.3 Å². The molecule has 0 aromatic heterocycles. The molecule has 5 heteroatoms. The zero-order chi connectivity index (χ0) is 36.9. The highest BCUT2D eigenvalue weighted by Gasteiger charge is 2.39. The Labute approximate surface area is 317 Å². The van der Waals surface area contributed by atoms with Crippen LogP contribution in [0.5, 0.6) is 0 Å². The first-order valence-electron chi connectivity index (χ1n) is 22.3. The lowest BCUT2D eigenvalue weighted by Gasteiger charge is -2.49. The van der Waals surface area contributed by atoms with Gasteiger partial charge in [-0.3, -0.25) is 9.59 Å². The smallest absolute Gasteiger partial charge is 0.306 e. The van der Waals surface area contributed by atoms with Crippen LogP contribution in [0.4, 0.5) is 0 Å². The second-order valence-electron chi connectivity index (χ2n) is 16.0. The van der Waals surface area contributed by atoms with E-state index >= 15 is 0 Å². The van der Waals surface area contributed by atoms with Crippen molar-refractivity contribution in [1.29, 1.82) is 0 Å². The predicted octanol–water partition coefficient (Wildman–Crippen LogP) is 13.6. The molecule has 0 N–H and O–H groups in total. The maximum Gasteiger partial charge on any atom is 0.306 e. The van der Waals surface area contributed by atoms with Gasteiger partial charge in [0.2, 0.25) is 0 Å². The van der Waals surface area contributed by atoms with E-state index in [9.17, 15) is 9.59 Å². The molecule has 0 unspecified atom stereocenters. The minimum absolute atomic E-state index is 0.0386. The number of nitrogens with zero attached hydrogens (tertiary/aromatic N) is 1. The number of carbonyl (C=O) groups excluding carboxylic acids is 2. The summed E-state index contributed by atoms with van der Waals surface area (Å²) in [5.41, 5.74) is 0.603. The molecule has 0 aliphatic carbocycles. The van der Waals surface area contributed by atoms with Crippen molar-refractivity contribution in [2.45, 2.75) is 219 Å². The molecule has 1 saturated heterocycles. The van der Waals surface area contributed by atoms with E-state index in [2.05, 4.69) is 37.9 Å². The number of allylic oxidation sites excluding steroid dienone is 2. The molecule has 0 bridgehead atoms. The van der Waals surface area contributed by atoms with Crippen LogP contribution < -0.4 is 0 Å². The number of unbranched alkanes of at least 4 members (excludes halogenated alkanes) is 24. The number of rotatable bonds is 38. The molecule has 1 fully saturated rings. The van der Waals surface area contributed by atoms with Gasteiger partial charge in [-0.2, -0.15) is 0 Å². The quantitative estimate of drug-likeness (QED) is 0.0362. The highest BCUT2D eigenvalue weighted by atomic mass is 16.5. The van der Waals surface area contributed by atoms with Gasteiger partial charge in [-0.15, -0.1) is 0 Å². The van der Waals surface area contributed by atoms with Gasteiger partial charge in [0.25, 0.3) is 0 Å². The predicted molar refractivity (Wildman–Crippen MR) is 219 cm³/mol. The fourth-order valence-corrected chi connectivity index (χ4v) is 7.73. The molecule has 1 aliphatic rings. The van der Waals surface area contributed by atoms with Crippen molar-refractivity contribution < 1.29 is 19.1 Å². The average Bonchev–Trinajstić information content (AvgIpc) is 3.11. The summed E-state index contributed by atoms with van der Waals surface area (Å²) in [4.78, 5) is 26.3. The van der Waals surface area contributed by atoms with Crippen molar-refractivity contribution in [1.82, 2.24) is 4.90 Å². The minimum atomic E-state index is -0.0386. The van der Waals surface area contributed by atoms with E-state index in [0.29, 0.717) is 31.5 Å². The van der Waals surface area contributed by atoms with Crippen molar-refractivity contribution in [3.63, 3.8) is 0 Å². The fraction of sp³-hybridized carbons (Fsp3) is 0.870. The van der Waals surface area contributed by atoms with E-state index in [4.69, 9.17) is 9.47 Å². The monoisotopic (exact) mass is 716 g/mol. The molecule has 298 valence electrons. The summed E-state index contributed by atoms with van der Waals surface area (Å²) >= 11 is 0. The molecule has 5 nitrogen and oxygen atoms in total. The van der Waals surface area contributed by atoms with Crippen LogP contribution in [0.2, 0.25) is 0 Å². The molecule has 0 aromatic carbocycles. The standard InChI is InChI=1S/C46H85NO4/c1-4-6-8-10-22-28-34-40-50-44(48)36-30-24-18-14-12-16-20-26-32-38-46(42-47(3)43-46)39-33-27-21-17-13-15-19-25-31-37-45(49)51-41-35-29-23-11-9-7-5-2/h28-29,34-35H,4-27,30-33,36-43H2,1-3H3/b34-28-,35-29-. The molecule has 0 radical (unpaired) electrons. The van der Waals surface area contributed by atoms with Crippen LogP contribution >= 0.6 is 0 Å². The minimum Gasteiger partial charge on any atom is -0.461 e.